The van der Waals surface area contributed by atoms with Crippen molar-refractivity contribution in [2.24, 2.45) is 0 Å². The highest BCUT2D eigenvalue weighted by Gasteiger charge is 2.33. The van der Waals surface area contributed by atoms with Gasteiger partial charge in [-0.3, -0.25) is 14.1 Å². The number of carboxylic acid groups (broad SMARTS) is 2. The zero-order valence-electron chi connectivity index (χ0n) is 9.74. The van der Waals surface area contributed by atoms with Gasteiger partial charge in [0.1, 0.15) is 0 Å². The van der Waals surface area contributed by atoms with Gasteiger partial charge in [0.15, 0.2) is 5.25 Å². The molecule has 1 atom stereocenters. The van der Waals surface area contributed by atoms with Crippen LogP contribution in [-0.4, -0.2) is 53.5 Å². The van der Waals surface area contributed by atoms with Crippen LogP contribution in [0.25, 0.3) is 0 Å². The fraction of sp³-hybridized carbons (Fsp3) is 0.750. The summed E-state index contributed by atoms with van der Waals surface area (Å²) in [5.41, 5.74) is 0. The normalized spacial score (nSPS) is 12.5. The lowest BCUT2D eigenvalue weighted by molar-refractivity contribution is -0.143. The molecule has 0 aromatic heterocycles. The number of hydrogen-bond donors (Lipinski definition) is 4. The Labute approximate surface area is 99.4 Å². The molecule has 0 saturated heterocycles. The van der Waals surface area contributed by atoms with Crippen molar-refractivity contribution < 1.29 is 32.8 Å². The van der Waals surface area contributed by atoms with Crippen LogP contribution in [0.3, 0.4) is 0 Å². The van der Waals surface area contributed by atoms with Crippen LogP contribution < -0.4 is 5.32 Å². The molecule has 0 saturated carbocycles. The van der Waals surface area contributed by atoms with Crippen molar-refractivity contribution in [3.05, 3.63) is 0 Å². The molecule has 0 amide bonds. The Morgan fingerprint density at radius 2 is 1.59 bits per heavy atom. The van der Waals surface area contributed by atoms with Gasteiger partial charge in [0.05, 0.1) is 6.42 Å². The van der Waals surface area contributed by atoms with Gasteiger partial charge in [-0.1, -0.05) is 13.8 Å². The van der Waals surface area contributed by atoms with Gasteiger partial charge in [-0.05, 0) is 7.05 Å². The summed E-state index contributed by atoms with van der Waals surface area (Å²) in [6, 6.07) is 0.634. The maximum absolute atomic E-state index is 10.2. The van der Waals surface area contributed by atoms with Crippen molar-refractivity contribution in [1.82, 2.24) is 5.32 Å². The maximum atomic E-state index is 10.2. The summed E-state index contributed by atoms with van der Waals surface area (Å²) in [6.07, 6.45) is -1.16. The lowest BCUT2D eigenvalue weighted by Gasteiger charge is -2.04. The third kappa shape index (κ3) is 11.1. The van der Waals surface area contributed by atoms with Crippen molar-refractivity contribution in [3.8, 4) is 0 Å². The summed E-state index contributed by atoms with van der Waals surface area (Å²) in [6.45, 7) is 4.22. The molecular formula is C8H17NO7S. The van der Waals surface area contributed by atoms with E-state index in [-0.39, 0.29) is 0 Å². The Morgan fingerprint density at radius 3 is 1.65 bits per heavy atom. The monoisotopic (exact) mass is 271 g/mol. The minimum Gasteiger partial charge on any atom is -0.481 e. The van der Waals surface area contributed by atoms with Crippen LogP contribution >= 0.6 is 0 Å². The van der Waals surface area contributed by atoms with Gasteiger partial charge in [0.2, 0.25) is 0 Å². The van der Waals surface area contributed by atoms with E-state index in [1.807, 2.05) is 7.05 Å². The molecule has 0 aliphatic heterocycles. The minimum absolute atomic E-state index is 0.634. The van der Waals surface area contributed by atoms with Gasteiger partial charge in [0, 0.05) is 6.04 Å². The molecule has 17 heavy (non-hydrogen) atoms. The van der Waals surface area contributed by atoms with E-state index >= 15 is 0 Å². The Hall–Kier alpha value is -1.19. The average molecular weight is 271 g/mol. The number of hydrogen-bond acceptors (Lipinski definition) is 5. The average Bonchev–Trinajstić information content (AvgIpc) is 2.12. The fourth-order valence-corrected chi connectivity index (χ4v) is 1.09. The Morgan fingerprint density at radius 1 is 1.24 bits per heavy atom. The summed E-state index contributed by atoms with van der Waals surface area (Å²) >= 11 is 0. The van der Waals surface area contributed by atoms with E-state index in [9.17, 15) is 18.0 Å². The van der Waals surface area contributed by atoms with Gasteiger partial charge in [-0.15, -0.1) is 0 Å². The van der Waals surface area contributed by atoms with E-state index in [1.165, 1.54) is 0 Å². The molecule has 0 aromatic rings. The number of carboxylic acids is 2. The van der Waals surface area contributed by atoms with Crippen molar-refractivity contribution in [2.45, 2.75) is 31.6 Å². The van der Waals surface area contributed by atoms with E-state index in [4.69, 9.17) is 14.8 Å². The largest absolute Gasteiger partial charge is 0.481 e. The van der Waals surface area contributed by atoms with Crippen LogP contribution in [0.2, 0.25) is 0 Å². The summed E-state index contributed by atoms with van der Waals surface area (Å²) < 4.78 is 28.7. The lowest BCUT2D eigenvalue weighted by Crippen LogP contribution is -2.31. The zero-order chi connectivity index (χ0) is 14.2. The molecule has 9 heteroatoms. The number of carbonyl (C=O) groups is 2. The van der Waals surface area contributed by atoms with E-state index < -0.39 is 33.7 Å². The molecule has 0 aromatic carbocycles. The first kappa shape index (κ1) is 18.2. The lowest BCUT2D eigenvalue weighted by atomic mass is 10.3. The molecular weight excluding hydrogens is 254 g/mol. The van der Waals surface area contributed by atoms with Crippen LogP contribution in [0, 0.1) is 0 Å². The van der Waals surface area contributed by atoms with E-state index in [2.05, 4.69) is 19.2 Å². The van der Waals surface area contributed by atoms with Gasteiger partial charge in [-0.25, -0.2) is 0 Å². The molecule has 0 fully saturated rings. The van der Waals surface area contributed by atoms with Gasteiger partial charge < -0.3 is 15.5 Å². The van der Waals surface area contributed by atoms with E-state index in [0.717, 1.165) is 0 Å². The highest BCUT2D eigenvalue weighted by molar-refractivity contribution is 7.87. The molecule has 0 bridgehead atoms. The smallest absolute Gasteiger partial charge is 0.325 e. The first-order valence-corrected chi connectivity index (χ1v) is 6.10. The summed E-state index contributed by atoms with van der Waals surface area (Å²) in [5.74, 6) is -3.50. The first-order chi connectivity index (χ1) is 7.52. The molecule has 0 spiro atoms. The highest BCUT2D eigenvalue weighted by atomic mass is 32.2. The van der Waals surface area contributed by atoms with Crippen molar-refractivity contribution >= 4 is 22.1 Å². The second kappa shape index (κ2) is 7.98. The van der Waals surface area contributed by atoms with E-state index in [1.54, 1.807) is 0 Å². The minimum atomic E-state index is -4.84. The summed E-state index contributed by atoms with van der Waals surface area (Å²) in [7, 11) is -2.89. The predicted molar refractivity (Wildman–Crippen MR) is 59.4 cm³/mol. The van der Waals surface area contributed by atoms with Crippen molar-refractivity contribution in [2.75, 3.05) is 7.05 Å². The van der Waals surface area contributed by atoms with Gasteiger partial charge in [-0.2, -0.15) is 8.42 Å². The molecule has 4 N–H and O–H groups in total. The third-order valence-electron chi connectivity index (χ3n) is 1.57. The second-order valence-electron chi connectivity index (χ2n) is 3.38. The topological polar surface area (TPSA) is 141 Å². The zero-order valence-corrected chi connectivity index (χ0v) is 10.6. The van der Waals surface area contributed by atoms with Gasteiger partial charge >= 0.3 is 11.9 Å². The molecule has 0 rings (SSSR count). The molecule has 8 nitrogen and oxygen atoms in total. The van der Waals surface area contributed by atoms with Crippen molar-refractivity contribution in [3.63, 3.8) is 0 Å². The molecule has 0 heterocycles. The standard InChI is InChI=1S/C4H11N.C4H6O7S/c1-4(2)5-3;5-3(6)1-2(4(7)8)12(9,10)11/h4-5H,1-3H3;2H,1H2,(H,5,6)(H,7,8)(H,9,10,11). The first-order valence-electron chi connectivity index (χ1n) is 4.60. The predicted octanol–water partition coefficient (Wildman–Crippen LogP) is -0.584. The molecule has 1 unspecified atom stereocenters. The number of aliphatic carboxylic acids is 2. The molecule has 0 aliphatic rings. The van der Waals surface area contributed by atoms with E-state index in [0.29, 0.717) is 6.04 Å². The van der Waals surface area contributed by atoms with Gasteiger partial charge in [0.25, 0.3) is 10.1 Å². The second-order valence-corrected chi connectivity index (χ2v) is 4.98. The van der Waals surface area contributed by atoms with Crippen LogP contribution in [0.4, 0.5) is 0 Å². The SMILES string of the molecule is CNC(C)C.O=C(O)CC(C(=O)O)S(=O)(=O)O. The molecule has 102 valence electrons. The summed E-state index contributed by atoms with van der Waals surface area (Å²) in [5, 5.41) is 16.9. The Balaban J connectivity index is 0. The van der Waals surface area contributed by atoms with Crippen molar-refractivity contribution in [1.29, 1.82) is 0 Å². The Kier molecular flexibility index (Phi) is 8.54. The number of nitrogens with one attached hydrogen (secondary N) is 1. The maximum Gasteiger partial charge on any atom is 0.325 e. The molecule has 0 aliphatic carbocycles. The quantitative estimate of drug-likeness (QED) is 0.486. The van der Waals surface area contributed by atoms with Crippen LogP contribution in [0.15, 0.2) is 0 Å². The van der Waals surface area contributed by atoms with Crippen LogP contribution in [0.1, 0.15) is 20.3 Å². The number of rotatable bonds is 5. The summed E-state index contributed by atoms with van der Waals surface area (Å²) in [4.78, 5) is 20.0. The van der Waals surface area contributed by atoms with Crippen LogP contribution in [0.5, 0.6) is 0 Å². The van der Waals surface area contributed by atoms with Crippen LogP contribution in [-0.2, 0) is 19.7 Å². The third-order valence-corrected chi connectivity index (χ3v) is 2.66. The molecule has 0 radical (unpaired) electrons. The fourth-order valence-electron chi connectivity index (χ4n) is 0.479. The highest BCUT2D eigenvalue weighted by Crippen LogP contribution is 2.04. The Bertz CT molecular complexity index is 349.